The molecule has 0 aliphatic carbocycles. The van der Waals surface area contributed by atoms with Gasteiger partial charge in [0.05, 0.1) is 18.4 Å². The van der Waals surface area contributed by atoms with Gasteiger partial charge in [0.15, 0.2) is 0 Å². The number of ether oxygens (including phenoxy) is 1. The third-order valence-electron chi connectivity index (χ3n) is 7.38. The van der Waals surface area contributed by atoms with Gasteiger partial charge in [-0.1, -0.05) is 43.2 Å². The number of hydrogen-bond donors (Lipinski definition) is 0. The molecule has 2 aliphatic heterocycles. The van der Waals surface area contributed by atoms with Crippen molar-refractivity contribution in [3.63, 3.8) is 0 Å². The highest BCUT2D eigenvalue weighted by atomic mass is 16.5. The van der Waals surface area contributed by atoms with Crippen molar-refractivity contribution in [3.05, 3.63) is 66.4 Å². The monoisotopic (exact) mass is 486 g/mol. The lowest BCUT2D eigenvalue weighted by Gasteiger charge is -2.34. The van der Waals surface area contributed by atoms with Crippen molar-refractivity contribution in [3.8, 4) is 22.7 Å². The van der Waals surface area contributed by atoms with Crippen LogP contribution in [-0.2, 0) is 4.79 Å². The largest absolute Gasteiger partial charge is 0.496 e. The molecule has 0 saturated carbocycles. The molecular weight excluding hydrogens is 452 g/mol. The van der Waals surface area contributed by atoms with Gasteiger partial charge in [0, 0.05) is 43.9 Å². The van der Waals surface area contributed by atoms with Gasteiger partial charge in [-0.15, -0.1) is 0 Å². The van der Waals surface area contributed by atoms with E-state index in [0.29, 0.717) is 42.9 Å². The maximum Gasteiger partial charge on any atom is 0.257 e. The number of benzene rings is 2. The van der Waals surface area contributed by atoms with Crippen molar-refractivity contribution in [2.24, 2.45) is 5.92 Å². The third kappa shape index (κ3) is 5.01. The molecule has 0 radical (unpaired) electrons. The molecule has 2 aromatic carbocycles. The first-order valence-electron chi connectivity index (χ1n) is 13.0. The van der Waals surface area contributed by atoms with Gasteiger partial charge in [0.2, 0.25) is 5.91 Å². The quantitative estimate of drug-likeness (QED) is 0.519. The van der Waals surface area contributed by atoms with E-state index in [-0.39, 0.29) is 17.7 Å². The van der Waals surface area contributed by atoms with Gasteiger partial charge >= 0.3 is 0 Å². The molecule has 3 aromatic rings. The van der Waals surface area contributed by atoms with Gasteiger partial charge in [0.25, 0.3) is 5.91 Å². The van der Waals surface area contributed by atoms with E-state index < -0.39 is 0 Å². The summed E-state index contributed by atoms with van der Waals surface area (Å²) in [5.41, 5.74) is 2.81. The molecule has 0 spiro atoms. The van der Waals surface area contributed by atoms with Crippen LogP contribution in [0.4, 0.5) is 0 Å². The molecule has 1 aromatic heterocycles. The molecule has 0 atom stereocenters. The van der Waals surface area contributed by atoms with Gasteiger partial charge in [-0.2, -0.15) is 5.10 Å². The lowest BCUT2D eigenvalue weighted by molar-refractivity contribution is -0.136. The second kappa shape index (κ2) is 11.0. The zero-order valence-electron chi connectivity index (χ0n) is 20.9. The number of para-hydroxylation sites is 2. The lowest BCUT2D eigenvalue weighted by atomic mass is 9.94. The van der Waals surface area contributed by atoms with Crippen molar-refractivity contribution in [1.29, 1.82) is 0 Å². The standard InChI is InChI=1S/C29H34N4O3/c1-36-26-14-8-7-13-24(26)27-25(21-33(30-27)23-11-5-4-6-12-23)29(35)32-19-15-22(16-20-32)28(34)31-17-9-2-3-10-18-31/h4-8,11-14,21-22H,2-3,9-10,15-20H2,1H3. The summed E-state index contributed by atoms with van der Waals surface area (Å²) in [7, 11) is 1.63. The molecule has 0 N–H and O–H groups in total. The SMILES string of the molecule is COc1ccccc1-c1nn(-c2ccccc2)cc1C(=O)N1CCC(C(=O)N2CCCCCC2)CC1. The fourth-order valence-corrected chi connectivity index (χ4v) is 5.33. The van der Waals surface area contributed by atoms with Crippen LogP contribution in [0.25, 0.3) is 16.9 Å². The van der Waals surface area contributed by atoms with Crippen LogP contribution in [0, 0.1) is 5.92 Å². The Kier molecular flexibility index (Phi) is 7.35. The predicted molar refractivity (Wildman–Crippen MR) is 139 cm³/mol. The second-order valence-corrected chi connectivity index (χ2v) is 9.68. The summed E-state index contributed by atoms with van der Waals surface area (Å²) >= 11 is 0. The van der Waals surface area contributed by atoms with Crippen molar-refractivity contribution in [2.75, 3.05) is 33.3 Å². The average Bonchev–Trinajstić information content (AvgIpc) is 3.20. The van der Waals surface area contributed by atoms with Crippen LogP contribution in [-0.4, -0.2) is 64.7 Å². The molecule has 2 amide bonds. The molecule has 7 heteroatoms. The molecule has 0 bridgehead atoms. The predicted octanol–water partition coefficient (Wildman–Crippen LogP) is 4.80. The van der Waals surface area contributed by atoms with E-state index in [2.05, 4.69) is 4.90 Å². The normalized spacial score (nSPS) is 17.0. The number of rotatable bonds is 5. The Balaban J connectivity index is 1.37. The van der Waals surface area contributed by atoms with Crippen molar-refractivity contribution >= 4 is 11.8 Å². The van der Waals surface area contributed by atoms with Crippen LogP contribution in [0.1, 0.15) is 48.9 Å². The Bertz CT molecular complexity index is 1190. The van der Waals surface area contributed by atoms with Crippen molar-refractivity contribution in [1.82, 2.24) is 19.6 Å². The first-order chi connectivity index (χ1) is 17.7. The molecule has 2 saturated heterocycles. The van der Waals surface area contributed by atoms with Gasteiger partial charge in [-0.3, -0.25) is 9.59 Å². The molecule has 36 heavy (non-hydrogen) atoms. The summed E-state index contributed by atoms with van der Waals surface area (Å²) in [6.07, 6.45) is 7.84. The van der Waals surface area contributed by atoms with E-state index in [1.165, 1.54) is 12.8 Å². The van der Waals surface area contributed by atoms with Crippen LogP contribution in [0.15, 0.2) is 60.8 Å². The summed E-state index contributed by atoms with van der Waals surface area (Å²) in [5.74, 6) is 0.897. The molecular formula is C29H34N4O3. The Labute approximate surface area is 212 Å². The minimum atomic E-state index is -0.0567. The minimum absolute atomic E-state index is 0.00730. The zero-order chi connectivity index (χ0) is 24.9. The smallest absolute Gasteiger partial charge is 0.257 e. The van der Waals surface area contributed by atoms with Crippen LogP contribution in [0.3, 0.4) is 0 Å². The van der Waals surface area contributed by atoms with E-state index in [0.717, 1.165) is 37.2 Å². The minimum Gasteiger partial charge on any atom is -0.496 e. The number of carbonyl (C=O) groups is 2. The number of carbonyl (C=O) groups excluding carboxylic acids is 2. The molecule has 3 heterocycles. The summed E-state index contributed by atoms with van der Waals surface area (Å²) in [6.45, 7) is 2.90. The van der Waals surface area contributed by atoms with Crippen molar-refractivity contribution < 1.29 is 14.3 Å². The highest BCUT2D eigenvalue weighted by molar-refractivity contribution is 6.00. The fourth-order valence-electron chi connectivity index (χ4n) is 5.33. The van der Waals surface area contributed by atoms with Crippen LogP contribution >= 0.6 is 0 Å². The molecule has 5 rings (SSSR count). The molecule has 188 valence electrons. The van der Waals surface area contributed by atoms with Gasteiger partial charge in [-0.05, 0) is 49.9 Å². The number of piperidine rings is 1. The van der Waals surface area contributed by atoms with Crippen molar-refractivity contribution in [2.45, 2.75) is 38.5 Å². The van der Waals surface area contributed by atoms with E-state index in [9.17, 15) is 9.59 Å². The topological polar surface area (TPSA) is 67.7 Å². The maximum atomic E-state index is 13.8. The Hall–Kier alpha value is -3.61. The van der Waals surface area contributed by atoms with Crippen LogP contribution in [0.2, 0.25) is 0 Å². The highest BCUT2D eigenvalue weighted by Gasteiger charge is 2.32. The Morgan fingerprint density at radius 2 is 1.50 bits per heavy atom. The number of methoxy groups -OCH3 is 1. The van der Waals surface area contributed by atoms with Gasteiger partial charge in [0.1, 0.15) is 11.4 Å². The number of nitrogens with zero attached hydrogens (tertiary/aromatic N) is 4. The lowest BCUT2D eigenvalue weighted by Crippen LogP contribution is -2.44. The number of amides is 2. The molecule has 0 unspecified atom stereocenters. The van der Waals surface area contributed by atoms with E-state index in [1.807, 2.05) is 65.7 Å². The number of aromatic nitrogens is 2. The first kappa shape index (κ1) is 24.1. The molecule has 2 aliphatic rings. The summed E-state index contributed by atoms with van der Waals surface area (Å²) in [6, 6.07) is 17.4. The van der Waals surface area contributed by atoms with E-state index in [4.69, 9.17) is 9.84 Å². The summed E-state index contributed by atoms with van der Waals surface area (Å²) < 4.78 is 7.34. The van der Waals surface area contributed by atoms with Crippen LogP contribution < -0.4 is 4.74 Å². The molecule has 2 fully saturated rings. The third-order valence-corrected chi connectivity index (χ3v) is 7.38. The van der Waals surface area contributed by atoms with Gasteiger partial charge < -0.3 is 14.5 Å². The maximum absolute atomic E-state index is 13.8. The number of likely N-dealkylation sites (tertiary alicyclic amines) is 2. The summed E-state index contributed by atoms with van der Waals surface area (Å²) in [4.78, 5) is 30.8. The van der Waals surface area contributed by atoms with Crippen LogP contribution in [0.5, 0.6) is 5.75 Å². The average molecular weight is 487 g/mol. The highest BCUT2D eigenvalue weighted by Crippen LogP contribution is 2.33. The molecule has 7 nitrogen and oxygen atoms in total. The fraction of sp³-hybridized carbons (Fsp3) is 0.414. The number of hydrogen-bond acceptors (Lipinski definition) is 4. The second-order valence-electron chi connectivity index (χ2n) is 9.68. The van der Waals surface area contributed by atoms with Gasteiger partial charge in [-0.25, -0.2) is 4.68 Å². The van der Waals surface area contributed by atoms with E-state index >= 15 is 0 Å². The summed E-state index contributed by atoms with van der Waals surface area (Å²) in [5, 5.41) is 4.82. The first-order valence-corrected chi connectivity index (χ1v) is 13.0. The van der Waals surface area contributed by atoms with E-state index in [1.54, 1.807) is 11.8 Å². The Morgan fingerprint density at radius 1 is 0.833 bits per heavy atom. The zero-order valence-corrected chi connectivity index (χ0v) is 20.9. The Morgan fingerprint density at radius 3 is 2.19 bits per heavy atom.